The highest BCUT2D eigenvalue weighted by molar-refractivity contribution is 6.68. The molecule has 0 fully saturated rings. The number of amides is 1. The Morgan fingerprint density at radius 2 is 1.78 bits per heavy atom. The molecule has 0 aromatic heterocycles. The van der Waals surface area contributed by atoms with Crippen molar-refractivity contribution in [3.05, 3.63) is 29.8 Å². The van der Waals surface area contributed by atoms with E-state index in [1.807, 2.05) is 0 Å². The highest BCUT2D eigenvalue weighted by atomic mass is 35.6. The van der Waals surface area contributed by atoms with Crippen LogP contribution in [0.5, 0.6) is 5.75 Å². The molecule has 1 atom stereocenters. The van der Waals surface area contributed by atoms with E-state index in [9.17, 15) is 9.59 Å². The van der Waals surface area contributed by atoms with Crippen molar-refractivity contribution in [3.8, 4) is 5.75 Å². The molecule has 0 heterocycles. The van der Waals surface area contributed by atoms with Gasteiger partial charge in [-0.05, 0) is 37.6 Å². The summed E-state index contributed by atoms with van der Waals surface area (Å²) in [5.41, 5.74) is 0.548. The summed E-state index contributed by atoms with van der Waals surface area (Å²) in [5.74, 6) is 0.0917. The molecule has 0 aliphatic heterocycles. The first kappa shape index (κ1) is 20.1. The second kappa shape index (κ2) is 9.36. The van der Waals surface area contributed by atoms with Crippen LogP contribution in [0.2, 0.25) is 0 Å². The van der Waals surface area contributed by atoms with Crippen LogP contribution in [0.25, 0.3) is 0 Å². The van der Waals surface area contributed by atoms with Gasteiger partial charge in [0, 0.05) is 12.0 Å². The molecule has 1 N–H and O–H groups in total. The summed E-state index contributed by atoms with van der Waals surface area (Å²) in [5, 5.41) is 2.58. The van der Waals surface area contributed by atoms with Gasteiger partial charge in [-0.25, -0.2) is 0 Å². The van der Waals surface area contributed by atoms with Crippen molar-refractivity contribution in [2.45, 2.75) is 49.6 Å². The number of benzene rings is 1. The summed E-state index contributed by atoms with van der Waals surface area (Å²) in [6, 6.07) is 6.39. The molecule has 1 rings (SSSR count). The summed E-state index contributed by atoms with van der Waals surface area (Å²) in [4.78, 5) is 23.1. The van der Waals surface area contributed by atoms with Crippen molar-refractivity contribution in [2.75, 3.05) is 0 Å². The number of nitrogens with one attached hydrogen (secondary N) is 1. The van der Waals surface area contributed by atoms with Crippen molar-refractivity contribution in [3.63, 3.8) is 0 Å². The molecule has 23 heavy (non-hydrogen) atoms. The van der Waals surface area contributed by atoms with Crippen LogP contribution in [-0.4, -0.2) is 21.7 Å². The standard InChI is InChI=1S/C16H20Cl3NO3/c1-3-4-5-6-14(22)20-15(16(17,18)19)23-13-9-7-12(8-10-13)11(2)21/h7-10,15H,3-6H2,1-2H3,(H,20,22). The highest BCUT2D eigenvalue weighted by Crippen LogP contribution is 2.32. The smallest absolute Gasteiger partial charge is 0.246 e. The largest absolute Gasteiger partial charge is 0.466 e. The number of alkyl halides is 3. The van der Waals surface area contributed by atoms with Crippen molar-refractivity contribution < 1.29 is 14.3 Å². The fourth-order valence-corrected chi connectivity index (χ4v) is 2.13. The van der Waals surface area contributed by atoms with E-state index in [0.29, 0.717) is 17.7 Å². The maximum atomic E-state index is 11.9. The minimum absolute atomic E-state index is 0.0568. The van der Waals surface area contributed by atoms with E-state index in [2.05, 4.69) is 12.2 Å². The van der Waals surface area contributed by atoms with Crippen LogP contribution in [-0.2, 0) is 4.79 Å². The second-order valence-corrected chi connectivity index (χ2v) is 7.51. The van der Waals surface area contributed by atoms with Gasteiger partial charge in [-0.1, -0.05) is 54.6 Å². The van der Waals surface area contributed by atoms with E-state index >= 15 is 0 Å². The zero-order valence-corrected chi connectivity index (χ0v) is 15.3. The van der Waals surface area contributed by atoms with E-state index in [1.54, 1.807) is 24.3 Å². The summed E-state index contributed by atoms with van der Waals surface area (Å²) in [6.45, 7) is 3.52. The molecule has 0 aliphatic carbocycles. The highest BCUT2D eigenvalue weighted by Gasteiger charge is 2.36. The number of carbonyl (C=O) groups is 2. The first-order chi connectivity index (χ1) is 10.7. The zero-order chi connectivity index (χ0) is 17.5. The molecular weight excluding hydrogens is 361 g/mol. The van der Waals surface area contributed by atoms with E-state index in [4.69, 9.17) is 39.5 Å². The lowest BCUT2D eigenvalue weighted by Gasteiger charge is -2.26. The number of Topliss-reactive ketones (excluding diaryl/α,β-unsaturated/α-hetero) is 1. The molecule has 0 radical (unpaired) electrons. The van der Waals surface area contributed by atoms with Crippen molar-refractivity contribution >= 4 is 46.5 Å². The number of hydrogen-bond acceptors (Lipinski definition) is 3. The quantitative estimate of drug-likeness (QED) is 0.309. The lowest BCUT2D eigenvalue weighted by Crippen LogP contribution is -2.47. The average Bonchev–Trinajstić information content (AvgIpc) is 2.46. The predicted octanol–water partition coefficient (Wildman–Crippen LogP) is 4.66. The molecule has 0 bridgehead atoms. The predicted molar refractivity (Wildman–Crippen MR) is 93.4 cm³/mol. The Morgan fingerprint density at radius 1 is 1.17 bits per heavy atom. The number of ketones is 1. The molecule has 0 aliphatic rings. The fourth-order valence-electron chi connectivity index (χ4n) is 1.84. The fraction of sp³-hybridized carbons (Fsp3) is 0.500. The summed E-state index contributed by atoms with van der Waals surface area (Å²) < 4.78 is 3.73. The van der Waals surface area contributed by atoms with Crippen LogP contribution >= 0.6 is 34.8 Å². The first-order valence-electron chi connectivity index (χ1n) is 7.37. The number of carbonyl (C=O) groups excluding carboxylic acids is 2. The first-order valence-corrected chi connectivity index (χ1v) is 8.51. The van der Waals surface area contributed by atoms with Gasteiger partial charge in [-0.2, -0.15) is 0 Å². The zero-order valence-electron chi connectivity index (χ0n) is 13.1. The SMILES string of the molecule is CCCCCC(=O)NC(Oc1ccc(C(C)=O)cc1)C(Cl)(Cl)Cl. The summed E-state index contributed by atoms with van der Waals surface area (Å²) in [6.07, 6.45) is 1.96. The van der Waals surface area contributed by atoms with E-state index in [1.165, 1.54) is 6.92 Å². The average molecular weight is 381 g/mol. The summed E-state index contributed by atoms with van der Waals surface area (Å²) in [7, 11) is 0. The van der Waals surface area contributed by atoms with Gasteiger partial charge in [0.15, 0.2) is 5.78 Å². The molecule has 4 nitrogen and oxygen atoms in total. The van der Waals surface area contributed by atoms with Crippen molar-refractivity contribution in [1.82, 2.24) is 5.32 Å². The van der Waals surface area contributed by atoms with Gasteiger partial charge in [-0.15, -0.1) is 0 Å². The molecule has 0 saturated carbocycles. The second-order valence-electron chi connectivity index (χ2n) is 5.14. The Hall–Kier alpha value is -0.970. The third-order valence-corrected chi connectivity index (χ3v) is 3.71. The third-order valence-electron chi connectivity index (χ3n) is 3.11. The Morgan fingerprint density at radius 3 is 2.26 bits per heavy atom. The molecule has 128 valence electrons. The Labute approximate surface area is 151 Å². The van der Waals surface area contributed by atoms with Crippen LogP contribution in [0.15, 0.2) is 24.3 Å². The van der Waals surface area contributed by atoms with Crippen molar-refractivity contribution in [2.24, 2.45) is 0 Å². The molecule has 1 aromatic carbocycles. The topological polar surface area (TPSA) is 55.4 Å². The van der Waals surface area contributed by atoms with Gasteiger partial charge >= 0.3 is 0 Å². The van der Waals surface area contributed by atoms with E-state index in [-0.39, 0.29) is 11.7 Å². The number of ether oxygens (including phenoxy) is 1. The minimum Gasteiger partial charge on any atom is -0.466 e. The molecule has 1 amide bonds. The third kappa shape index (κ3) is 7.42. The number of rotatable bonds is 8. The van der Waals surface area contributed by atoms with Gasteiger partial charge in [-0.3, -0.25) is 9.59 Å². The van der Waals surface area contributed by atoms with Crippen LogP contribution in [0.3, 0.4) is 0 Å². The number of hydrogen-bond donors (Lipinski definition) is 1. The van der Waals surface area contributed by atoms with E-state index in [0.717, 1.165) is 19.3 Å². The Balaban J connectivity index is 2.71. The van der Waals surface area contributed by atoms with Crippen LogP contribution < -0.4 is 10.1 Å². The van der Waals surface area contributed by atoms with E-state index < -0.39 is 10.0 Å². The molecule has 7 heteroatoms. The normalized spacial score (nSPS) is 12.6. The monoisotopic (exact) mass is 379 g/mol. The molecule has 0 spiro atoms. The van der Waals surface area contributed by atoms with Gasteiger partial charge in [0.1, 0.15) is 5.75 Å². The maximum absolute atomic E-state index is 11.9. The van der Waals surface area contributed by atoms with Gasteiger partial charge in [0.25, 0.3) is 0 Å². The summed E-state index contributed by atoms with van der Waals surface area (Å²) >= 11 is 17.6. The number of unbranched alkanes of at least 4 members (excludes halogenated alkanes) is 2. The van der Waals surface area contributed by atoms with Gasteiger partial charge < -0.3 is 10.1 Å². The maximum Gasteiger partial charge on any atom is 0.246 e. The Bertz CT molecular complexity index is 526. The lowest BCUT2D eigenvalue weighted by molar-refractivity contribution is -0.123. The molecular formula is C16H20Cl3NO3. The van der Waals surface area contributed by atoms with Crippen LogP contribution in [0.1, 0.15) is 49.9 Å². The molecule has 1 unspecified atom stereocenters. The Kier molecular flexibility index (Phi) is 8.17. The molecule has 0 saturated heterocycles. The lowest BCUT2D eigenvalue weighted by atomic mass is 10.1. The van der Waals surface area contributed by atoms with Gasteiger partial charge in [0.2, 0.25) is 15.9 Å². The van der Waals surface area contributed by atoms with Crippen LogP contribution in [0, 0.1) is 0 Å². The van der Waals surface area contributed by atoms with Crippen molar-refractivity contribution in [1.29, 1.82) is 0 Å². The number of halogens is 3. The van der Waals surface area contributed by atoms with Gasteiger partial charge in [0.05, 0.1) is 0 Å². The molecule has 1 aromatic rings. The van der Waals surface area contributed by atoms with Crippen LogP contribution in [0.4, 0.5) is 0 Å². The minimum atomic E-state index is -1.82.